The summed E-state index contributed by atoms with van der Waals surface area (Å²) in [4.78, 5) is 23.3. The maximum absolute atomic E-state index is 12.4. The van der Waals surface area contributed by atoms with Gasteiger partial charge in [0.25, 0.3) is 5.56 Å². The number of nitrogens with zero attached hydrogens (tertiary/aromatic N) is 1. The second kappa shape index (κ2) is 8.24. The van der Waals surface area contributed by atoms with Gasteiger partial charge >= 0.3 is 5.20 Å². The Morgan fingerprint density at radius 3 is 2.42 bits per heavy atom. The first-order valence-electron chi connectivity index (χ1n) is 8.12. The molecule has 10 heteroatoms. The fraction of sp³-hybridized carbons (Fsp3) is 0.375. The number of rotatable bonds is 1. The van der Waals surface area contributed by atoms with Crippen LogP contribution in [0.5, 0.6) is 0 Å². The summed E-state index contributed by atoms with van der Waals surface area (Å²) in [5.74, 6) is 1.26. The number of nitrogens with one attached hydrogen (secondary N) is 2. The molecule has 0 bridgehead atoms. The zero-order chi connectivity index (χ0) is 18.9. The topological polar surface area (TPSA) is 78.6 Å². The predicted molar refractivity (Wildman–Crippen MR) is 113 cm³/mol. The van der Waals surface area contributed by atoms with Gasteiger partial charge in [-0.25, -0.2) is 4.98 Å². The lowest BCUT2D eigenvalue weighted by molar-refractivity contribution is 0.429. The van der Waals surface area contributed by atoms with Crippen LogP contribution in [-0.2, 0) is 4.57 Å². The third-order valence-corrected chi connectivity index (χ3v) is 4.92. The summed E-state index contributed by atoms with van der Waals surface area (Å²) in [5, 5.41) is -2.21. The normalized spacial score (nSPS) is 15.8. The molecule has 2 heterocycles. The number of aromatic amines is 2. The highest BCUT2D eigenvalue weighted by Gasteiger charge is 2.20. The van der Waals surface area contributed by atoms with Crippen molar-refractivity contribution in [2.45, 2.75) is 38.0 Å². The van der Waals surface area contributed by atoms with Gasteiger partial charge in [-0.05, 0) is 64.8 Å². The molecule has 5 nitrogen and oxygen atoms in total. The maximum Gasteiger partial charge on any atom is 0.339 e. The molecule has 3 aromatic rings. The molecule has 0 atom stereocenters. The van der Waals surface area contributed by atoms with E-state index in [9.17, 15) is 9.36 Å². The summed E-state index contributed by atoms with van der Waals surface area (Å²) in [6.07, 6.45) is 6.01. The Morgan fingerprint density at radius 2 is 1.77 bits per heavy atom. The minimum absolute atomic E-state index is 0.0621. The summed E-state index contributed by atoms with van der Waals surface area (Å²) in [6, 6.07) is 5.98. The van der Waals surface area contributed by atoms with E-state index in [1.54, 1.807) is 0 Å². The van der Waals surface area contributed by atoms with Crippen molar-refractivity contribution in [3.8, 4) is 0 Å². The average Bonchev–Trinajstić information content (AvgIpc) is 2.92. The molecule has 1 fully saturated rings. The van der Waals surface area contributed by atoms with Crippen molar-refractivity contribution < 1.29 is 4.57 Å². The van der Waals surface area contributed by atoms with Gasteiger partial charge in [0.1, 0.15) is 16.9 Å². The fourth-order valence-corrected chi connectivity index (χ4v) is 3.69. The van der Waals surface area contributed by atoms with Crippen LogP contribution in [0, 0.1) is 0 Å². The molecule has 4 rings (SSSR count). The number of hydrogen-bond donors (Lipinski definition) is 2. The molecule has 1 aliphatic carbocycles. The van der Waals surface area contributed by atoms with E-state index in [1.165, 1.54) is 19.3 Å². The minimum atomic E-state index is -3.22. The van der Waals surface area contributed by atoms with E-state index in [4.69, 9.17) is 4.98 Å². The van der Waals surface area contributed by atoms with Crippen molar-refractivity contribution in [2.75, 3.05) is 0 Å². The van der Waals surface area contributed by atoms with Gasteiger partial charge in [-0.3, -0.25) is 9.36 Å². The number of H-pyrrole nitrogens is 2. The molecular weight excluding hydrogens is 483 g/mol. The van der Waals surface area contributed by atoms with Crippen LogP contribution < -0.4 is 5.56 Å². The largest absolute Gasteiger partial charge is 0.349 e. The highest BCUT2D eigenvalue weighted by molar-refractivity contribution is 9.10. The number of aromatic nitrogens is 3. The van der Waals surface area contributed by atoms with E-state index in [0.717, 1.165) is 39.6 Å². The molecular formula is C16H16BrCl3N3O2P. The first-order chi connectivity index (χ1) is 12.2. The number of halogens is 4. The highest BCUT2D eigenvalue weighted by Crippen LogP contribution is 2.61. The van der Waals surface area contributed by atoms with Crippen molar-refractivity contribution in [2.24, 2.45) is 0 Å². The average molecular weight is 500 g/mol. The van der Waals surface area contributed by atoms with Gasteiger partial charge in [-0.2, -0.15) is 0 Å². The van der Waals surface area contributed by atoms with Crippen LogP contribution in [0.25, 0.3) is 21.9 Å². The molecule has 0 aliphatic heterocycles. The number of hydrogen-bond acceptors (Lipinski definition) is 3. The van der Waals surface area contributed by atoms with Gasteiger partial charge in [0, 0.05) is 21.3 Å². The number of fused-ring (bicyclic) bond motifs is 3. The van der Waals surface area contributed by atoms with Crippen LogP contribution in [-0.4, -0.2) is 15.0 Å². The van der Waals surface area contributed by atoms with E-state index in [1.807, 2.05) is 18.2 Å². The lowest BCUT2D eigenvalue weighted by atomic mass is 9.88. The monoisotopic (exact) mass is 497 g/mol. The van der Waals surface area contributed by atoms with Crippen molar-refractivity contribution >= 4 is 76.8 Å². The van der Waals surface area contributed by atoms with Gasteiger partial charge in [0.2, 0.25) is 0 Å². The standard InChI is InChI=1S/C16H16BrN3O.Cl3OP/c17-10-6-7-11-12(8-10)18-14-13(11)19-15(20-16(14)21)9-4-2-1-3-5-9;1-5(2,3)4/h6-9,18H,1-5H2,(H,19,20,21);. The molecule has 0 unspecified atom stereocenters. The molecule has 1 saturated carbocycles. The molecule has 1 aliphatic rings. The van der Waals surface area contributed by atoms with Crippen LogP contribution in [0.15, 0.2) is 27.5 Å². The van der Waals surface area contributed by atoms with Crippen LogP contribution in [0.4, 0.5) is 0 Å². The molecule has 0 saturated heterocycles. The first kappa shape index (κ1) is 20.2. The van der Waals surface area contributed by atoms with E-state index in [0.29, 0.717) is 11.4 Å². The Balaban J connectivity index is 0.000000349. The quantitative estimate of drug-likeness (QED) is 0.353. The SMILES string of the molecule is O=P(Cl)(Cl)Cl.O=c1[nH]c(C2CCCCC2)nc2c1[nH]c1cc(Br)ccc12. The molecule has 2 N–H and O–H groups in total. The van der Waals surface area contributed by atoms with E-state index < -0.39 is 5.20 Å². The zero-order valence-corrected chi connectivity index (χ0v) is 18.3. The summed E-state index contributed by atoms with van der Waals surface area (Å²) in [7, 11) is 0. The second-order valence-electron chi connectivity index (χ2n) is 6.22. The Kier molecular flexibility index (Phi) is 6.41. The Labute approximate surface area is 172 Å². The minimum Gasteiger partial charge on any atom is -0.349 e. The van der Waals surface area contributed by atoms with Gasteiger partial charge in [0.05, 0.1) is 0 Å². The number of benzene rings is 1. The van der Waals surface area contributed by atoms with Crippen LogP contribution in [0.1, 0.15) is 43.8 Å². The summed E-state index contributed by atoms with van der Waals surface area (Å²) < 4.78 is 10.5. The van der Waals surface area contributed by atoms with Crippen molar-refractivity contribution in [1.82, 2.24) is 15.0 Å². The smallest absolute Gasteiger partial charge is 0.339 e. The van der Waals surface area contributed by atoms with Crippen LogP contribution in [0.3, 0.4) is 0 Å². The van der Waals surface area contributed by atoms with Crippen LogP contribution >= 0.6 is 54.9 Å². The van der Waals surface area contributed by atoms with Crippen LogP contribution in [0.2, 0.25) is 0 Å². The van der Waals surface area contributed by atoms with Crippen molar-refractivity contribution in [1.29, 1.82) is 0 Å². The van der Waals surface area contributed by atoms with E-state index >= 15 is 0 Å². The molecule has 2 aromatic heterocycles. The van der Waals surface area contributed by atoms with Gasteiger partial charge in [-0.15, -0.1) is 0 Å². The first-order valence-corrected chi connectivity index (χ1v) is 13.3. The van der Waals surface area contributed by atoms with E-state index in [-0.39, 0.29) is 5.56 Å². The van der Waals surface area contributed by atoms with Gasteiger partial charge < -0.3 is 9.97 Å². The third-order valence-electron chi connectivity index (χ3n) is 4.43. The molecule has 0 radical (unpaired) electrons. The molecule has 1 aromatic carbocycles. The second-order valence-corrected chi connectivity index (χ2v) is 13.8. The zero-order valence-electron chi connectivity index (χ0n) is 13.6. The molecule has 26 heavy (non-hydrogen) atoms. The summed E-state index contributed by atoms with van der Waals surface area (Å²) in [6.45, 7) is 0. The maximum atomic E-state index is 12.4. The Hall–Kier alpha value is -0.520. The van der Waals surface area contributed by atoms with Crippen molar-refractivity contribution in [3.05, 3.63) is 38.9 Å². The Bertz CT molecular complexity index is 1030. The van der Waals surface area contributed by atoms with Gasteiger partial charge in [-0.1, -0.05) is 35.2 Å². The van der Waals surface area contributed by atoms with Gasteiger partial charge in [0.15, 0.2) is 0 Å². The highest BCUT2D eigenvalue weighted by atomic mass is 79.9. The molecule has 140 valence electrons. The summed E-state index contributed by atoms with van der Waals surface area (Å²) >= 11 is 17.3. The predicted octanol–water partition coefficient (Wildman–Crippen LogP) is 7.03. The summed E-state index contributed by atoms with van der Waals surface area (Å²) in [5.41, 5.74) is 2.25. The Morgan fingerprint density at radius 1 is 1.12 bits per heavy atom. The third kappa shape index (κ3) is 5.05. The molecule has 0 spiro atoms. The fourth-order valence-electron chi connectivity index (χ4n) is 3.33. The molecule has 0 amide bonds. The van der Waals surface area contributed by atoms with Crippen molar-refractivity contribution in [3.63, 3.8) is 0 Å². The van der Waals surface area contributed by atoms with E-state index in [2.05, 4.69) is 59.6 Å². The lowest BCUT2D eigenvalue weighted by Crippen LogP contribution is -2.16. The lowest BCUT2D eigenvalue weighted by Gasteiger charge is -2.20.